The normalized spacial score (nSPS) is 17.3. The van der Waals surface area contributed by atoms with Crippen molar-refractivity contribution in [3.8, 4) is 28.4 Å². The third kappa shape index (κ3) is 6.86. The zero-order valence-corrected chi connectivity index (χ0v) is 30.9. The van der Waals surface area contributed by atoms with Gasteiger partial charge in [-0.1, -0.05) is 5.21 Å². The number of hydrogen-bond acceptors (Lipinski definition) is 13. The largest absolute Gasteiger partial charge is 0.496 e. The van der Waals surface area contributed by atoms with Gasteiger partial charge in [0, 0.05) is 57.3 Å². The Morgan fingerprint density at radius 3 is 2.41 bits per heavy atom. The van der Waals surface area contributed by atoms with E-state index in [2.05, 4.69) is 25.5 Å². The Kier molecular flexibility index (Phi) is 9.78. The SMILES string of the molecule is COc1cc(-c2cn(C)c(=O)c3cnccc23)cc(OC)c1CN1CC(OCc2cn(CCOc3ccc4c(c3)C(=O)N(C3CCC(=O)NC3=O)C4=O)nn2)C1. The first-order valence-electron chi connectivity index (χ1n) is 18.0. The van der Waals surface area contributed by atoms with Gasteiger partial charge < -0.3 is 23.5 Å². The quantitative estimate of drug-likeness (QED) is 0.172. The van der Waals surface area contributed by atoms with E-state index in [-0.39, 0.29) is 48.8 Å². The minimum atomic E-state index is -1.03. The molecular formula is C39H38N8O9. The predicted octanol–water partition coefficient (Wildman–Crippen LogP) is 2.09. The fourth-order valence-corrected chi connectivity index (χ4v) is 7.33. The topological polar surface area (TPSA) is 189 Å². The maximum absolute atomic E-state index is 13.1. The van der Waals surface area contributed by atoms with Crippen LogP contribution in [0.2, 0.25) is 0 Å². The second-order valence-corrected chi connectivity index (χ2v) is 13.8. The molecule has 0 radical (unpaired) electrons. The number of ether oxygens (including phenoxy) is 4. The molecule has 2 saturated heterocycles. The Labute approximate surface area is 319 Å². The fourth-order valence-electron chi connectivity index (χ4n) is 7.33. The smallest absolute Gasteiger partial charge is 0.262 e. The molecule has 288 valence electrons. The van der Waals surface area contributed by atoms with Gasteiger partial charge in [-0.05, 0) is 53.8 Å². The van der Waals surface area contributed by atoms with Gasteiger partial charge in [0.2, 0.25) is 11.8 Å². The Bertz CT molecular complexity index is 2430. The highest BCUT2D eigenvalue weighted by molar-refractivity contribution is 6.23. The van der Waals surface area contributed by atoms with Crippen molar-refractivity contribution in [2.45, 2.75) is 44.7 Å². The average Bonchev–Trinajstić information content (AvgIpc) is 3.74. The number of rotatable bonds is 13. The Morgan fingerprint density at radius 1 is 0.893 bits per heavy atom. The number of nitrogens with one attached hydrogen (secondary N) is 1. The predicted molar refractivity (Wildman–Crippen MR) is 198 cm³/mol. The number of pyridine rings is 2. The molecule has 3 aliphatic rings. The van der Waals surface area contributed by atoms with E-state index in [1.807, 2.05) is 24.4 Å². The molecule has 3 aliphatic heterocycles. The van der Waals surface area contributed by atoms with Crippen molar-refractivity contribution in [1.29, 1.82) is 0 Å². The minimum absolute atomic E-state index is 0.00522. The lowest BCUT2D eigenvalue weighted by atomic mass is 9.98. The molecule has 3 aromatic heterocycles. The number of nitrogens with zero attached hydrogens (tertiary/aromatic N) is 7. The lowest BCUT2D eigenvalue weighted by molar-refractivity contribution is -0.136. The van der Waals surface area contributed by atoms with Crippen molar-refractivity contribution < 1.29 is 38.1 Å². The van der Waals surface area contributed by atoms with Crippen LogP contribution >= 0.6 is 0 Å². The van der Waals surface area contributed by atoms with Crippen LogP contribution < -0.4 is 25.1 Å². The van der Waals surface area contributed by atoms with Crippen molar-refractivity contribution in [2.75, 3.05) is 33.9 Å². The minimum Gasteiger partial charge on any atom is -0.496 e. The van der Waals surface area contributed by atoms with Gasteiger partial charge in [0.25, 0.3) is 17.4 Å². The van der Waals surface area contributed by atoms with Gasteiger partial charge in [0.05, 0.1) is 61.7 Å². The molecule has 1 N–H and O–H groups in total. The number of fused-ring (bicyclic) bond motifs is 2. The molecule has 1 atom stereocenters. The lowest BCUT2D eigenvalue weighted by Gasteiger charge is -2.39. The second kappa shape index (κ2) is 15.0. The number of carbonyl (C=O) groups is 4. The molecule has 0 spiro atoms. The van der Waals surface area contributed by atoms with Gasteiger partial charge in [-0.25, -0.2) is 4.68 Å². The molecule has 5 aromatic rings. The summed E-state index contributed by atoms with van der Waals surface area (Å²) < 4.78 is 26.8. The number of aromatic nitrogens is 5. The van der Waals surface area contributed by atoms with Crippen molar-refractivity contribution in [3.05, 3.63) is 93.9 Å². The summed E-state index contributed by atoms with van der Waals surface area (Å²) in [7, 11) is 4.98. The first kappa shape index (κ1) is 36.5. The van der Waals surface area contributed by atoms with E-state index in [4.69, 9.17) is 18.9 Å². The number of amides is 4. The van der Waals surface area contributed by atoms with Crippen LogP contribution in [-0.2, 0) is 41.1 Å². The van der Waals surface area contributed by atoms with Gasteiger partial charge in [-0.15, -0.1) is 5.10 Å². The third-order valence-corrected chi connectivity index (χ3v) is 10.3. The fraction of sp³-hybridized carbons (Fsp3) is 0.333. The lowest BCUT2D eigenvalue weighted by Crippen LogP contribution is -2.54. The maximum Gasteiger partial charge on any atom is 0.262 e. The van der Waals surface area contributed by atoms with E-state index in [1.165, 1.54) is 12.1 Å². The van der Waals surface area contributed by atoms with Crippen LogP contribution in [0.3, 0.4) is 0 Å². The molecule has 8 rings (SSSR count). The summed E-state index contributed by atoms with van der Waals surface area (Å²) in [5.41, 5.74) is 3.51. The summed E-state index contributed by atoms with van der Waals surface area (Å²) in [6, 6.07) is 9.32. The van der Waals surface area contributed by atoms with Gasteiger partial charge in [0.1, 0.15) is 35.6 Å². The summed E-state index contributed by atoms with van der Waals surface area (Å²) in [4.78, 5) is 69.9. The number of likely N-dealkylation sites (tertiary alicyclic amines) is 1. The number of methoxy groups -OCH3 is 2. The molecule has 0 aliphatic carbocycles. The van der Waals surface area contributed by atoms with Crippen LogP contribution in [0.1, 0.15) is 44.8 Å². The van der Waals surface area contributed by atoms with Crippen molar-refractivity contribution >= 4 is 34.4 Å². The van der Waals surface area contributed by atoms with Gasteiger partial charge in [0.15, 0.2) is 0 Å². The van der Waals surface area contributed by atoms with Crippen LogP contribution in [-0.4, -0.2) is 104 Å². The highest BCUT2D eigenvalue weighted by Crippen LogP contribution is 2.38. The summed E-state index contributed by atoms with van der Waals surface area (Å²) in [6.07, 6.45) is 7.00. The first-order chi connectivity index (χ1) is 27.1. The Balaban J connectivity index is 0.823. The van der Waals surface area contributed by atoms with Crippen LogP contribution in [0.25, 0.3) is 21.9 Å². The molecule has 17 nitrogen and oxygen atoms in total. The van der Waals surface area contributed by atoms with E-state index >= 15 is 0 Å². The monoisotopic (exact) mass is 762 g/mol. The van der Waals surface area contributed by atoms with Crippen LogP contribution in [0.4, 0.5) is 0 Å². The molecule has 2 fully saturated rings. The van der Waals surface area contributed by atoms with Crippen molar-refractivity contribution in [2.24, 2.45) is 7.05 Å². The summed E-state index contributed by atoms with van der Waals surface area (Å²) in [5.74, 6) is -0.518. The molecule has 0 saturated carbocycles. The molecule has 2 aromatic carbocycles. The number of piperidine rings is 1. The van der Waals surface area contributed by atoms with E-state index < -0.39 is 29.7 Å². The molecule has 1 unspecified atom stereocenters. The van der Waals surface area contributed by atoms with Crippen LogP contribution in [0, 0.1) is 0 Å². The highest BCUT2D eigenvalue weighted by Gasteiger charge is 2.44. The average molecular weight is 763 g/mol. The molecule has 17 heteroatoms. The molecular weight excluding hydrogens is 724 g/mol. The number of carbonyl (C=O) groups excluding carboxylic acids is 4. The van der Waals surface area contributed by atoms with E-state index in [0.717, 1.165) is 27.0 Å². The van der Waals surface area contributed by atoms with Crippen LogP contribution in [0.15, 0.2) is 66.0 Å². The second-order valence-electron chi connectivity index (χ2n) is 13.8. The van der Waals surface area contributed by atoms with Crippen molar-refractivity contribution in [3.63, 3.8) is 0 Å². The maximum atomic E-state index is 13.1. The van der Waals surface area contributed by atoms with Gasteiger partial charge in [-0.2, -0.15) is 0 Å². The zero-order chi connectivity index (χ0) is 39.1. The number of hydrogen-bond donors (Lipinski definition) is 1. The summed E-state index contributed by atoms with van der Waals surface area (Å²) >= 11 is 0. The van der Waals surface area contributed by atoms with E-state index in [9.17, 15) is 24.0 Å². The molecule has 0 bridgehead atoms. The molecule has 6 heterocycles. The molecule has 56 heavy (non-hydrogen) atoms. The Morgan fingerprint density at radius 2 is 1.66 bits per heavy atom. The summed E-state index contributed by atoms with van der Waals surface area (Å²) in [5, 5.41) is 11.9. The zero-order valence-electron chi connectivity index (χ0n) is 30.9. The summed E-state index contributed by atoms with van der Waals surface area (Å²) in [6.45, 7) is 2.87. The number of aryl methyl sites for hydroxylation is 1. The van der Waals surface area contributed by atoms with Gasteiger partial charge in [-0.3, -0.25) is 44.1 Å². The van der Waals surface area contributed by atoms with E-state index in [0.29, 0.717) is 54.5 Å². The van der Waals surface area contributed by atoms with Gasteiger partial charge >= 0.3 is 0 Å². The highest BCUT2D eigenvalue weighted by atomic mass is 16.5. The first-order valence-corrected chi connectivity index (χ1v) is 18.0. The van der Waals surface area contributed by atoms with Crippen LogP contribution in [0.5, 0.6) is 17.2 Å². The number of benzene rings is 2. The third-order valence-electron chi connectivity index (χ3n) is 10.3. The van der Waals surface area contributed by atoms with E-state index in [1.54, 1.807) is 55.2 Å². The standard InChI is InChI=1S/C39H38N8O9/c1-44-19-30(26-8-9-40-15-29(26)37(44)50)22-12-33(53-2)31(34(13-22)54-3)20-45-17-25(18-45)56-21-23-16-46(43-42-23)10-11-55-24-4-5-27-28(14-24)39(52)47(38(27)51)32-6-7-35(48)41-36(32)49/h4-5,8-9,12-16,19,25,32H,6-7,10-11,17-18,20-21H2,1-3H3,(H,41,48,49). The number of imide groups is 2. The molecule has 4 amide bonds. The Hall–Kier alpha value is -6.46. The van der Waals surface area contributed by atoms with Crippen molar-refractivity contribution in [1.82, 2.24) is 39.7 Å².